The highest BCUT2D eigenvalue weighted by molar-refractivity contribution is 6.32. The Morgan fingerprint density at radius 1 is 0.409 bits per heavy atom. The average Bonchev–Trinajstić information content (AvgIpc) is 3.04. The number of hydrogen-bond acceptors (Lipinski definition) is 2. The Labute approximate surface area is 276 Å². The molecule has 0 saturated heterocycles. The molecule has 0 atom stereocenters. The van der Waals surface area contributed by atoms with Crippen LogP contribution in [-0.2, 0) is 12.8 Å². The van der Waals surface area contributed by atoms with Gasteiger partial charge in [0.2, 0.25) is 0 Å². The van der Waals surface area contributed by atoms with Crippen LogP contribution in [0.5, 0.6) is 0 Å². The van der Waals surface area contributed by atoms with E-state index in [0.29, 0.717) is 10.0 Å². The van der Waals surface area contributed by atoms with Gasteiger partial charge in [-0.2, -0.15) is 0 Å². The van der Waals surface area contributed by atoms with Crippen LogP contribution in [0, 0.1) is 0 Å². The van der Waals surface area contributed by atoms with Crippen molar-refractivity contribution in [1.29, 1.82) is 0 Å². The molecule has 5 rings (SSSR count). The van der Waals surface area contributed by atoms with Crippen molar-refractivity contribution in [3.05, 3.63) is 106 Å². The van der Waals surface area contributed by atoms with Crippen molar-refractivity contribution in [2.24, 2.45) is 0 Å². The SMILES string of the molecule is CCCCCCCCc1ccc(N2c3ccc(Cl)cc3N(c3ccc(CCCCCCCC)cc3)c3cc(Cl)ccc32)cc1. The Morgan fingerprint density at radius 3 is 1.18 bits per heavy atom. The van der Waals surface area contributed by atoms with Crippen LogP contribution in [0.1, 0.15) is 102 Å². The molecule has 0 aliphatic carbocycles. The maximum absolute atomic E-state index is 6.65. The van der Waals surface area contributed by atoms with E-state index in [-0.39, 0.29) is 0 Å². The van der Waals surface area contributed by atoms with Crippen LogP contribution in [-0.4, -0.2) is 0 Å². The molecule has 0 aromatic heterocycles. The number of hydrogen-bond donors (Lipinski definition) is 0. The number of halogens is 2. The Morgan fingerprint density at radius 2 is 0.773 bits per heavy atom. The van der Waals surface area contributed by atoms with Gasteiger partial charge >= 0.3 is 0 Å². The van der Waals surface area contributed by atoms with Gasteiger partial charge in [0, 0.05) is 21.4 Å². The fraction of sp³-hybridized carbons (Fsp3) is 0.400. The number of rotatable bonds is 16. The van der Waals surface area contributed by atoms with Gasteiger partial charge in [-0.05, 0) is 97.5 Å². The second kappa shape index (κ2) is 16.4. The van der Waals surface area contributed by atoms with Gasteiger partial charge in [-0.25, -0.2) is 0 Å². The summed E-state index contributed by atoms with van der Waals surface area (Å²) in [4.78, 5) is 4.65. The summed E-state index contributed by atoms with van der Waals surface area (Å²) in [6.07, 6.45) is 18.1. The molecule has 0 fully saturated rings. The number of aryl methyl sites for hydroxylation is 2. The molecule has 44 heavy (non-hydrogen) atoms. The highest BCUT2D eigenvalue weighted by Gasteiger charge is 2.31. The van der Waals surface area contributed by atoms with Gasteiger partial charge in [0.1, 0.15) is 0 Å². The van der Waals surface area contributed by atoms with Gasteiger partial charge < -0.3 is 9.80 Å². The molecule has 1 aliphatic heterocycles. The molecular weight excluding hydrogens is 579 g/mol. The van der Waals surface area contributed by atoms with E-state index in [2.05, 4.69) is 96.4 Å². The van der Waals surface area contributed by atoms with Crippen LogP contribution in [0.15, 0.2) is 84.9 Å². The number of benzene rings is 4. The molecule has 4 heteroatoms. The van der Waals surface area contributed by atoms with Crippen molar-refractivity contribution in [3.63, 3.8) is 0 Å². The summed E-state index contributed by atoms with van der Waals surface area (Å²) in [7, 11) is 0. The van der Waals surface area contributed by atoms with Gasteiger partial charge in [0.15, 0.2) is 0 Å². The predicted octanol–water partition coefficient (Wildman–Crippen LogP) is 14.1. The normalized spacial score (nSPS) is 12.4. The Kier molecular flexibility index (Phi) is 12.1. The minimum Gasteiger partial charge on any atom is -0.306 e. The smallest absolute Gasteiger partial charge is 0.0718 e. The lowest BCUT2D eigenvalue weighted by Gasteiger charge is -2.40. The molecule has 0 unspecified atom stereocenters. The first-order chi connectivity index (χ1) is 21.6. The van der Waals surface area contributed by atoms with Crippen molar-refractivity contribution in [2.45, 2.75) is 104 Å². The van der Waals surface area contributed by atoms with E-state index in [0.717, 1.165) is 47.0 Å². The summed E-state index contributed by atoms with van der Waals surface area (Å²) in [5.74, 6) is 0. The summed E-state index contributed by atoms with van der Waals surface area (Å²) < 4.78 is 0. The molecule has 0 radical (unpaired) electrons. The van der Waals surface area contributed by atoms with E-state index >= 15 is 0 Å². The second-order valence-corrected chi connectivity index (χ2v) is 13.2. The topological polar surface area (TPSA) is 6.48 Å². The van der Waals surface area contributed by atoms with Crippen molar-refractivity contribution in [1.82, 2.24) is 0 Å². The fourth-order valence-electron chi connectivity index (χ4n) is 6.39. The van der Waals surface area contributed by atoms with Gasteiger partial charge in [0.05, 0.1) is 22.7 Å². The number of unbranched alkanes of at least 4 members (excludes halogenated alkanes) is 10. The van der Waals surface area contributed by atoms with Crippen molar-refractivity contribution < 1.29 is 0 Å². The molecule has 0 N–H and O–H groups in total. The van der Waals surface area contributed by atoms with E-state index in [1.807, 2.05) is 12.1 Å². The molecule has 1 heterocycles. The van der Waals surface area contributed by atoms with Gasteiger partial charge in [-0.3, -0.25) is 0 Å². The molecule has 4 aromatic rings. The minimum absolute atomic E-state index is 0.716. The lowest BCUT2D eigenvalue weighted by molar-refractivity contribution is 0.607. The summed E-state index contributed by atoms with van der Waals surface area (Å²) in [5, 5.41) is 1.43. The molecule has 0 saturated carbocycles. The molecule has 232 valence electrons. The first-order valence-electron chi connectivity index (χ1n) is 17.0. The number of anilines is 6. The van der Waals surface area contributed by atoms with Crippen LogP contribution < -0.4 is 9.80 Å². The largest absolute Gasteiger partial charge is 0.306 e. The number of fused-ring (bicyclic) bond motifs is 2. The average molecular weight is 628 g/mol. The second-order valence-electron chi connectivity index (χ2n) is 12.3. The quantitative estimate of drug-likeness (QED) is 0.100. The number of nitrogens with zero attached hydrogens (tertiary/aromatic N) is 2. The first-order valence-corrected chi connectivity index (χ1v) is 17.7. The van der Waals surface area contributed by atoms with Crippen LogP contribution in [0.3, 0.4) is 0 Å². The van der Waals surface area contributed by atoms with E-state index in [1.54, 1.807) is 0 Å². The highest BCUT2D eigenvalue weighted by Crippen LogP contribution is 2.55. The van der Waals surface area contributed by atoms with Crippen LogP contribution in [0.25, 0.3) is 0 Å². The van der Waals surface area contributed by atoms with Crippen LogP contribution in [0.2, 0.25) is 10.0 Å². The fourth-order valence-corrected chi connectivity index (χ4v) is 6.72. The molecule has 0 amide bonds. The molecule has 2 nitrogen and oxygen atoms in total. The summed E-state index contributed by atoms with van der Waals surface area (Å²) in [6.45, 7) is 4.55. The van der Waals surface area contributed by atoms with E-state index in [9.17, 15) is 0 Å². The van der Waals surface area contributed by atoms with E-state index < -0.39 is 0 Å². The maximum Gasteiger partial charge on any atom is 0.0718 e. The molecule has 4 aromatic carbocycles. The minimum atomic E-state index is 0.716. The third kappa shape index (κ3) is 8.20. The Bertz CT molecular complexity index is 1410. The van der Waals surface area contributed by atoms with Crippen LogP contribution in [0.4, 0.5) is 34.1 Å². The van der Waals surface area contributed by atoms with Gasteiger partial charge in [-0.1, -0.05) is 126 Å². The summed E-state index contributed by atoms with van der Waals surface area (Å²) in [5.41, 5.74) is 9.33. The third-order valence-electron chi connectivity index (χ3n) is 8.87. The molecule has 1 aliphatic rings. The van der Waals surface area contributed by atoms with Gasteiger partial charge in [0.25, 0.3) is 0 Å². The highest BCUT2D eigenvalue weighted by atomic mass is 35.5. The predicted molar refractivity (Wildman–Crippen MR) is 194 cm³/mol. The monoisotopic (exact) mass is 626 g/mol. The van der Waals surface area contributed by atoms with Crippen molar-refractivity contribution in [3.8, 4) is 0 Å². The van der Waals surface area contributed by atoms with Crippen molar-refractivity contribution in [2.75, 3.05) is 9.80 Å². The zero-order valence-corrected chi connectivity index (χ0v) is 28.1. The van der Waals surface area contributed by atoms with Gasteiger partial charge in [-0.15, -0.1) is 0 Å². The van der Waals surface area contributed by atoms with E-state index in [4.69, 9.17) is 23.2 Å². The maximum atomic E-state index is 6.65. The molecular formula is C40H48Cl2N2. The van der Waals surface area contributed by atoms with Crippen LogP contribution >= 0.6 is 23.2 Å². The first kappa shape index (κ1) is 32.5. The Balaban J connectivity index is 1.39. The lowest BCUT2D eigenvalue weighted by atomic mass is 10.0. The third-order valence-corrected chi connectivity index (χ3v) is 9.34. The standard InChI is InChI=1S/C40H48Cl2N2/c1-3-5-7-9-11-13-15-31-17-23-35(24-18-31)43-37-27-21-33(41)29-39(37)44(40-30-34(42)22-28-38(40)43)36-25-19-32(20-26-36)16-14-12-10-8-6-4-2/h17-30H,3-16H2,1-2H3. The Hall–Kier alpha value is -2.94. The zero-order valence-electron chi connectivity index (χ0n) is 26.6. The summed E-state index contributed by atoms with van der Waals surface area (Å²) in [6, 6.07) is 30.6. The molecule has 0 spiro atoms. The summed E-state index contributed by atoms with van der Waals surface area (Å²) >= 11 is 13.3. The lowest BCUT2D eigenvalue weighted by Crippen LogP contribution is -2.24. The zero-order chi connectivity index (χ0) is 30.7. The molecule has 0 bridgehead atoms. The van der Waals surface area contributed by atoms with Crippen molar-refractivity contribution >= 4 is 57.3 Å². The van der Waals surface area contributed by atoms with E-state index in [1.165, 1.54) is 88.2 Å².